The minimum absolute atomic E-state index is 0.0720. The van der Waals surface area contributed by atoms with E-state index in [1.54, 1.807) is 29.2 Å². The fourth-order valence-corrected chi connectivity index (χ4v) is 4.36. The van der Waals surface area contributed by atoms with E-state index < -0.39 is 15.8 Å². The Hall–Kier alpha value is -2.96. The second kappa shape index (κ2) is 8.37. The summed E-state index contributed by atoms with van der Waals surface area (Å²) in [5.74, 6) is -0.754. The molecule has 9 heteroatoms. The first-order chi connectivity index (χ1) is 13.4. The third-order valence-electron chi connectivity index (χ3n) is 4.48. The molecule has 2 aromatic carbocycles. The van der Waals surface area contributed by atoms with E-state index in [2.05, 4.69) is 5.32 Å². The zero-order valence-electron chi connectivity index (χ0n) is 15.0. The standard InChI is InChI=1S/C19H19FN4O3S/c20-16-2-1-3-18(12-16)28(26,27)24-10-8-23(9-11-24)19(25)14-22-17-6-4-15(13-21)5-7-17/h1-7,12,22H,8-11,14H2. The van der Waals surface area contributed by atoms with Crippen molar-refractivity contribution in [3.8, 4) is 6.07 Å². The van der Waals surface area contributed by atoms with Crippen LogP contribution in [0.1, 0.15) is 5.56 Å². The number of hydrogen-bond donors (Lipinski definition) is 1. The van der Waals surface area contributed by atoms with Gasteiger partial charge in [-0.1, -0.05) is 6.07 Å². The monoisotopic (exact) mass is 402 g/mol. The summed E-state index contributed by atoms with van der Waals surface area (Å²) in [6, 6.07) is 13.7. The molecule has 0 saturated carbocycles. The number of nitrogens with zero attached hydrogens (tertiary/aromatic N) is 3. The first-order valence-electron chi connectivity index (χ1n) is 8.68. The van der Waals surface area contributed by atoms with Gasteiger partial charge in [-0.05, 0) is 42.5 Å². The Labute approximate surface area is 163 Å². The highest BCUT2D eigenvalue weighted by Gasteiger charge is 2.30. The lowest BCUT2D eigenvalue weighted by molar-refractivity contribution is -0.130. The van der Waals surface area contributed by atoms with Crippen LogP contribution < -0.4 is 5.32 Å². The van der Waals surface area contributed by atoms with Crippen molar-refractivity contribution in [2.24, 2.45) is 0 Å². The molecule has 1 saturated heterocycles. The van der Waals surface area contributed by atoms with Crippen molar-refractivity contribution in [2.45, 2.75) is 4.90 Å². The fraction of sp³-hybridized carbons (Fsp3) is 0.263. The number of halogens is 1. The van der Waals surface area contributed by atoms with E-state index in [9.17, 15) is 17.6 Å². The Balaban J connectivity index is 1.54. The SMILES string of the molecule is N#Cc1ccc(NCC(=O)N2CCN(S(=O)(=O)c3cccc(F)c3)CC2)cc1. The molecule has 1 aliphatic heterocycles. The van der Waals surface area contributed by atoms with E-state index in [0.717, 1.165) is 11.8 Å². The predicted molar refractivity (Wildman–Crippen MR) is 101 cm³/mol. The third kappa shape index (κ3) is 4.47. The van der Waals surface area contributed by atoms with Crippen LogP contribution in [0.2, 0.25) is 0 Å². The summed E-state index contributed by atoms with van der Waals surface area (Å²) >= 11 is 0. The first-order valence-corrected chi connectivity index (χ1v) is 10.1. The van der Waals surface area contributed by atoms with Crippen molar-refractivity contribution in [3.63, 3.8) is 0 Å². The summed E-state index contributed by atoms with van der Waals surface area (Å²) in [6.07, 6.45) is 0. The Morgan fingerprint density at radius 1 is 1.11 bits per heavy atom. The summed E-state index contributed by atoms with van der Waals surface area (Å²) in [7, 11) is -3.78. The van der Waals surface area contributed by atoms with Gasteiger partial charge in [0, 0.05) is 31.9 Å². The van der Waals surface area contributed by atoms with Gasteiger partial charge >= 0.3 is 0 Å². The van der Waals surface area contributed by atoms with Crippen molar-refractivity contribution in [1.29, 1.82) is 5.26 Å². The Morgan fingerprint density at radius 2 is 1.79 bits per heavy atom. The first kappa shape index (κ1) is 19.8. The second-order valence-corrected chi connectivity index (χ2v) is 8.22. The molecule has 3 rings (SSSR count). The molecule has 0 aromatic heterocycles. The average Bonchev–Trinajstić information content (AvgIpc) is 2.72. The highest BCUT2D eigenvalue weighted by Crippen LogP contribution is 2.18. The normalized spacial score (nSPS) is 15.1. The summed E-state index contributed by atoms with van der Waals surface area (Å²) in [5, 5.41) is 11.8. The molecule has 146 valence electrons. The Morgan fingerprint density at radius 3 is 2.39 bits per heavy atom. The summed E-state index contributed by atoms with van der Waals surface area (Å²) in [6.45, 7) is 0.913. The minimum atomic E-state index is -3.78. The van der Waals surface area contributed by atoms with Crippen molar-refractivity contribution in [2.75, 3.05) is 38.0 Å². The minimum Gasteiger partial charge on any atom is -0.376 e. The summed E-state index contributed by atoms with van der Waals surface area (Å²) in [4.78, 5) is 13.9. The number of nitriles is 1. The lowest BCUT2D eigenvalue weighted by Crippen LogP contribution is -2.51. The van der Waals surface area contributed by atoms with Crippen LogP contribution in [0.5, 0.6) is 0 Å². The second-order valence-electron chi connectivity index (χ2n) is 6.28. The van der Waals surface area contributed by atoms with E-state index >= 15 is 0 Å². The molecule has 0 bridgehead atoms. The maximum atomic E-state index is 13.3. The van der Waals surface area contributed by atoms with E-state index in [1.807, 2.05) is 6.07 Å². The van der Waals surface area contributed by atoms with E-state index in [1.165, 1.54) is 22.5 Å². The fourth-order valence-electron chi connectivity index (χ4n) is 2.91. The molecule has 0 atom stereocenters. The molecule has 0 radical (unpaired) electrons. The maximum Gasteiger partial charge on any atom is 0.243 e. The zero-order valence-corrected chi connectivity index (χ0v) is 15.8. The molecule has 0 spiro atoms. The molecule has 0 unspecified atom stereocenters. The lowest BCUT2D eigenvalue weighted by Gasteiger charge is -2.34. The summed E-state index contributed by atoms with van der Waals surface area (Å²) < 4.78 is 39.8. The van der Waals surface area contributed by atoms with Crippen LogP contribution in [-0.4, -0.2) is 56.3 Å². The van der Waals surface area contributed by atoms with Gasteiger partial charge in [0.15, 0.2) is 0 Å². The molecule has 1 aliphatic rings. The zero-order chi connectivity index (χ0) is 20.1. The molecule has 1 heterocycles. The molecule has 28 heavy (non-hydrogen) atoms. The molecule has 0 aliphatic carbocycles. The maximum absolute atomic E-state index is 13.3. The van der Waals surface area contributed by atoms with Gasteiger partial charge in [0.05, 0.1) is 23.1 Å². The van der Waals surface area contributed by atoms with Crippen LogP contribution in [0.3, 0.4) is 0 Å². The van der Waals surface area contributed by atoms with Crippen LogP contribution in [0, 0.1) is 17.1 Å². The molecule has 2 aromatic rings. The van der Waals surface area contributed by atoms with Gasteiger partial charge in [0.1, 0.15) is 5.82 Å². The Kier molecular flexibility index (Phi) is 5.92. The number of amides is 1. The third-order valence-corrected chi connectivity index (χ3v) is 6.38. The molecular formula is C19H19FN4O3S. The lowest BCUT2D eigenvalue weighted by atomic mass is 10.2. The van der Waals surface area contributed by atoms with Gasteiger partial charge in [0.2, 0.25) is 15.9 Å². The number of hydrogen-bond acceptors (Lipinski definition) is 5. The van der Waals surface area contributed by atoms with E-state index in [-0.39, 0.29) is 43.5 Å². The number of sulfonamides is 1. The number of nitrogens with one attached hydrogen (secondary N) is 1. The van der Waals surface area contributed by atoms with E-state index in [4.69, 9.17) is 5.26 Å². The Bertz CT molecular complexity index is 995. The topological polar surface area (TPSA) is 93.5 Å². The molecule has 1 amide bonds. The van der Waals surface area contributed by atoms with Gasteiger partial charge in [-0.2, -0.15) is 9.57 Å². The predicted octanol–water partition coefficient (Wildman–Crippen LogP) is 1.64. The van der Waals surface area contributed by atoms with Crippen LogP contribution in [0.15, 0.2) is 53.4 Å². The number of anilines is 1. The largest absolute Gasteiger partial charge is 0.376 e. The summed E-state index contributed by atoms with van der Waals surface area (Å²) in [5.41, 5.74) is 1.26. The number of benzene rings is 2. The van der Waals surface area contributed by atoms with Crippen molar-refractivity contribution in [3.05, 3.63) is 59.9 Å². The van der Waals surface area contributed by atoms with Gasteiger partial charge in [-0.25, -0.2) is 12.8 Å². The van der Waals surface area contributed by atoms with Crippen LogP contribution >= 0.6 is 0 Å². The number of carbonyl (C=O) groups excluding carboxylic acids is 1. The molecule has 1 fully saturated rings. The van der Waals surface area contributed by atoms with Gasteiger partial charge in [-0.3, -0.25) is 4.79 Å². The van der Waals surface area contributed by atoms with Gasteiger partial charge < -0.3 is 10.2 Å². The number of rotatable bonds is 5. The number of piperazine rings is 1. The van der Waals surface area contributed by atoms with Crippen LogP contribution in [0.25, 0.3) is 0 Å². The van der Waals surface area contributed by atoms with E-state index in [0.29, 0.717) is 5.56 Å². The highest BCUT2D eigenvalue weighted by molar-refractivity contribution is 7.89. The van der Waals surface area contributed by atoms with Crippen molar-refractivity contribution in [1.82, 2.24) is 9.21 Å². The highest BCUT2D eigenvalue weighted by atomic mass is 32.2. The molecular weight excluding hydrogens is 383 g/mol. The quantitative estimate of drug-likeness (QED) is 0.821. The van der Waals surface area contributed by atoms with Crippen LogP contribution in [0.4, 0.5) is 10.1 Å². The molecule has 7 nitrogen and oxygen atoms in total. The van der Waals surface area contributed by atoms with Crippen molar-refractivity contribution < 1.29 is 17.6 Å². The van der Waals surface area contributed by atoms with Gasteiger partial charge in [0.25, 0.3) is 0 Å². The van der Waals surface area contributed by atoms with Gasteiger partial charge in [-0.15, -0.1) is 0 Å². The van der Waals surface area contributed by atoms with Crippen molar-refractivity contribution >= 4 is 21.6 Å². The number of carbonyl (C=O) groups is 1. The smallest absolute Gasteiger partial charge is 0.243 e. The molecule has 1 N–H and O–H groups in total. The van der Waals surface area contributed by atoms with Crippen LogP contribution in [-0.2, 0) is 14.8 Å². The average molecular weight is 402 g/mol.